The molecule has 9 heteroatoms. The number of hydrogen-bond donors (Lipinski definition) is 1. The minimum Gasteiger partial charge on any atom is -0.435 e. The summed E-state index contributed by atoms with van der Waals surface area (Å²) in [7, 11) is 0. The number of carbonyl (C=O) groups is 2. The van der Waals surface area contributed by atoms with Gasteiger partial charge in [-0.2, -0.15) is 8.78 Å². The van der Waals surface area contributed by atoms with Gasteiger partial charge in [0.05, 0.1) is 17.8 Å². The van der Waals surface area contributed by atoms with Gasteiger partial charge in [-0.1, -0.05) is 12.1 Å². The molecule has 0 aliphatic carbocycles. The van der Waals surface area contributed by atoms with Crippen molar-refractivity contribution in [1.82, 2.24) is 14.7 Å². The van der Waals surface area contributed by atoms with Crippen molar-refractivity contribution < 1.29 is 23.1 Å². The van der Waals surface area contributed by atoms with E-state index >= 15 is 0 Å². The van der Waals surface area contributed by atoms with Gasteiger partial charge in [-0.25, -0.2) is 0 Å². The van der Waals surface area contributed by atoms with E-state index < -0.39 is 6.61 Å². The van der Waals surface area contributed by atoms with Gasteiger partial charge in [-0.3, -0.25) is 14.5 Å². The number of likely N-dealkylation sites (tertiary alicyclic amines) is 1. The lowest BCUT2D eigenvalue weighted by Crippen LogP contribution is -2.51. The Morgan fingerprint density at radius 3 is 2.21 bits per heavy atom. The highest BCUT2D eigenvalue weighted by Crippen LogP contribution is 2.25. The Kier molecular flexibility index (Phi) is 7.39. The first-order valence-electron chi connectivity index (χ1n) is 11.2. The largest absolute Gasteiger partial charge is 0.435 e. The smallest absolute Gasteiger partial charge is 0.387 e. The molecule has 0 radical (unpaired) electrons. The number of anilines is 2. The molecular formula is C24H28F2N4O3. The number of alkyl halides is 2. The molecule has 7 nitrogen and oxygen atoms in total. The minimum absolute atomic E-state index is 0.0704. The summed E-state index contributed by atoms with van der Waals surface area (Å²) >= 11 is 0. The van der Waals surface area contributed by atoms with E-state index in [1.54, 1.807) is 23.1 Å². The van der Waals surface area contributed by atoms with Crippen molar-refractivity contribution in [1.29, 1.82) is 0 Å². The zero-order valence-corrected chi connectivity index (χ0v) is 18.4. The lowest BCUT2D eigenvalue weighted by molar-refractivity contribution is -0.131. The SMILES string of the molecule is O=C(CN1CCN(C(=O)c2ccccc2Nc2ccc(OC(F)F)cc2)CC1)N1CCCC1. The van der Waals surface area contributed by atoms with E-state index in [0.717, 1.165) is 25.9 Å². The van der Waals surface area contributed by atoms with Crippen LogP contribution in [-0.2, 0) is 4.79 Å². The normalized spacial score (nSPS) is 16.8. The van der Waals surface area contributed by atoms with Gasteiger partial charge in [0, 0.05) is 45.0 Å². The first-order valence-corrected chi connectivity index (χ1v) is 11.2. The zero-order chi connectivity index (χ0) is 23.2. The number of benzene rings is 2. The highest BCUT2D eigenvalue weighted by molar-refractivity contribution is 6.00. The molecule has 2 heterocycles. The van der Waals surface area contributed by atoms with Gasteiger partial charge in [-0.05, 0) is 49.2 Å². The van der Waals surface area contributed by atoms with E-state index in [1.807, 2.05) is 23.1 Å². The molecule has 1 N–H and O–H groups in total. The number of carbonyl (C=O) groups excluding carboxylic acids is 2. The van der Waals surface area contributed by atoms with Gasteiger partial charge in [0.1, 0.15) is 5.75 Å². The van der Waals surface area contributed by atoms with Crippen molar-refractivity contribution in [3.8, 4) is 5.75 Å². The third-order valence-corrected chi connectivity index (χ3v) is 5.99. The molecule has 2 aromatic rings. The van der Waals surface area contributed by atoms with Gasteiger partial charge in [0.15, 0.2) is 0 Å². The average Bonchev–Trinajstić information content (AvgIpc) is 3.36. The second-order valence-electron chi connectivity index (χ2n) is 8.23. The predicted molar refractivity (Wildman–Crippen MR) is 121 cm³/mol. The molecule has 0 aromatic heterocycles. The summed E-state index contributed by atoms with van der Waals surface area (Å²) in [5, 5.41) is 3.19. The number of hydrogen-bond acceptors (Lipinski definition) is 5. The maximum Gasteiger partial charge on any atom is 0.387 e. The average molecular weight is 459 g/mol. The molecule has 0 unspecified atom stereocenters. The zero-order valence-electron chi connectivity index (χ0n) is 18.4. The van der Waals surface area contributed by atoms with E-state index in [1.165, 1.54) is 12.1 Å². The topological polar surface area (TPSA) is 65.1 Å². The Balaban J connectivity index is 1.35. The van der Waals surface area contributed by atoms with Crippen LogP contribution in [0.4, 0.5) is 20.2 Å². The molecule has 2 amide bonds. The fourth-order valence-corrected chi connectivity index (χ4v) is 4.19. The first-order chi connectivity index (χ1) is 16.0. The maximum absolute atomic E-state index is 13.2. The lowest BCUT2D eigenvalue weighted by atomic mass is 10.1. The third-order valence-electron chi connectivity index (χ3n) is 5.99. The van der Waals surface area contributed by atoms with Crippen LogP contribution in [0.3, 0.4) is 0 Å². The second kappa shape index (κ2) is 10.6. The number of ether oxygens (including phenoxy) is 1. The fourth-order valence-electron chi connectivity index (χ4n) is 4.19. The molecule has 2 aromatic carbocycles. The van der Waals surface area contributed by atoms with Crippen molar-refractivity contribution in [3.05, 3.63) is 54.1 Å². The number of rotatable bonds is 7. The standard InChI is InChI=1S/C24H28F2N4O3/c25-24(26)33-19-9-7-18(8-10-19)27-21-6-2-1-5-20(21)23(32)30-15-13-28(14-16-30)17-22(31)29-11-3-4-12-29/h1-2,5-10,24,27H,3-4,11-17H2. The van der Waals surface area contributed by atoms with E-state index in [9.17, 15) is 18.4 Å². The Hall–Kier alpha value is -3.20. The summed E-state index contributed by atoms with van der Waals surface area (Å²) in [6.07, 6.45) is 2.16. The van der Waals surface area contributed by atoms with Crippen molar-refractivity contribution in [3.63, 3.8) is 0 Å². The van der Waals surface area contributed by atoms with Crippen molar-refractivity contribution in [2.24, 2.45) is 0 Å². The molecule has 33 heavy (non-hydrogen) atoms. The Morgan fingerprint density at radius 1 is 0.879 bits per heavy atom. The van der Waals surface area contributed by atoms with E-state index in [-0.39, 0.29) is 17.6 Å². The second-order valence-corrected chi connectivity index (χ2v) is 8.23. The monoisotopic (exact) mass is 458 g/mol. The summed E-state index contributed by atoms with van der Waals surface area (Å²) in [6.45, 7) is 1.66. The molecular weight excluding hydrogens is 430 g/mol. The summed E-state index contributed by atoms with van der Waals surface area (Å²) in [5.74, 6) is 0.161. The summed E-state index contributed by atoms with van der Waals surface area (Å²) in [4.78, 5) is 31.4. The number of nitrogens with one attached hydrogen (secondary N) is 1. The number of nitrogens with zero attached hydrogens (tertiary/aromatic N) is 3. The molecule has 0 saturated carbocycles. The summed E-state index contributed by atoms with van der Waals surface area (Å²) in [6, 6.07) is 13.3. The molecule has 176 valence electrons. The molecule has 2 saturated heterocycles. The third kappa shape index (κ3) is 5.98. The Bertz CT molecular complexity index is 956. The van der Waals surface area contributed by atoms with Crippen LogP contribution in [0, 0.1) is 0 Å². The van der Waals surface area contributed by atoms with E-state index in [2.05, 4.69) is 15.0 Å². The summed E-state index contributed by atoms with van der Waals surface area (Å²) in [5.41, 5.74) is 1.82. The van der Waals surface area contributed by atoms with Crippen LogP contribution in [0.5, 0.6) is 5.75 Å². The van der Waals surface area contributed by atoms with Gasteiger partial charge < -0.3 is 19.9 Å². The van der Waals surface area contributed by atoms with Crippen LogP contribution in [0.1, 0.15) is 23.2 Å². The van der Waals surface area contributed by atoms with Gasteiger partial charge in [0.2, 0.25) is 5.91 Å². The molecule has 0 bridgehead atoms. The highest BCUT2D eigenvalue weighted by Gasteiger charge is 2.26. The quantitative estimate of drug-likeness (QED) is 0.689. The Morgan fingerprint density at radius 2 is 1.55 bits per heavy atom. The molecule has 0 atom stereocenters. The predicted octanol–water partition coefficient (Wildman–Crippen LogP) is 3.41. The minimum atomic E-state index is -2.87. The van der Waals surface area contributed by atoms with Gasteiger partial charge in [0.25, 0.3) is 5.91 Å². The van der Waals surface area contributed by atoms with Crippen LogP contribution in [0.2, 0.25) is 0 Å². The fraction of sp³-hybridized carbons (Fsp3) is 0.417. The van der Waals surface area contributed by atoms with Crippen molar-refractivity contribution >= 4 is 23.2 Å². The van der Waals surface area contributed by atoms with Gasteiger partial charge >= 0.3 is 6.61 Å². The molecule has 4 rings (SSSR count). The van der Waals surface area contributed by atoms with Crippen molar-refractivity contribution in [2.45, 2.75) is 19.5 Å². The van der Waals surface area contributed by atoms with Gasteiger partial charge in [-0.15, -0.1) is 0 Å². The van der Waals surface area contributed by atoms with E-state index in [4.69, 9.17) is 0 Å². The molecule has 2 aliphatic rings. The van der Waals surface area contributed by atoms with Crippen LogP contribution in [0.25, 0.3) is 0 Å². The molecule has 2 aliphatic heterocycles. The number of piperazine rings is 1. The maximum atomic E-state index is 13.2. The van der Waals surface area contributed by atoms with E-state index in [0.29, 0.717) is 49.7 Å². The van der Waals surface area contributed by atoms with Crippen LogP contribution in [-0.4, -0.2) is 78.9 Å². The van der Waals surface area contributed by atoms with Crippen LogP contribution in [0.15, 0.2) is 48.5 Å². The summed E-state index contributed by atoms with van der Waals surface area (Å²) < 4.78 is 29.1. The number of para-hydroxylation sites is 1. The van der Waals surface area contributed by atoms with Crippen LogP contribution < -0.4 is 10.1 Å². The van der Waals surface area contributed by atoms with Crippen LogP contribution >= 0.6 is 0 Å². The number of halogens is 2. The molecule has 2 fully saturated rings. The number of amides is 2. The first kappa shape index (κ1) is 23.0. The lowest BCUT2D eigenvalue weighted by Gasteiger charge is -2.35. The van der Waals surface area contributed by atoms with Crippen molar-refractivity contribution in [2.75, 3.05) is 51.1 Å². The Labute approximate surface area is 191 Å². The molecule has 0 spiro atoms. The highest BCUT2D eigenvalue weighted by atomic mass is 19.3.